The van der Waals surface area contributed by atoms with Gasteiger partial charge >= 0.3 is 0 Å². The second kappa shape index (κ2) is 8.31. The third kappa shape index (κ3) is 6.83. The van der Waals surface area contributed by atoms with Gasteiger partial charge in [-0.1, -0.05) is 40.2 Å². The van der Waals surface area contributed by atoms with E-state index in [1.807, 2.05) is 6.08 Å². The van der Waals surface area contributed by atoms with Crippen LogP contribution in [-0.2, 0) is 0 Å². The van der Waals surface area contributed by atoms with E-state index in [9.17, 15) is 0 Å². The Kier molecular flexibility index (Phi) is 9.70. The topological polar surface area (TPSA) is 35.0 Å². The van der Waals surface area contributed by atoms with Crippen molar-refractivity contribution in [2.45, 2.75) is 47.0 Å². The minimum atomic E-state index is 0. The van der Waals surface area contributed by atoms with Gasteiger partial charge in [-0.05, 0) is 30.6 Å². The fraction of sp³-hybridized carbons (Fsp3) is 0.833. The maximum Gasteiger partial charge on any atom is -0.0353 e. The molecule has 0 saturated carbocycles. The van der Waals surface area contributed by atoms with Crippen molar-refractivity contribution in [2.24, 2.45) is 17.8 Å². The Morgan fingerprint density at radius 1 is 1.15 bits per heavy atom. The molecule has 2 unspecified atom stereocenters. The van der Waals surface area contributed by atoms with Gasteiger partial charge in [-0.3, -0.25) is 0 Å². The van der Waals surface area contributed by atoms with Gasteiger partial charge in [0.2, 0.25) is 0 Å². The van der Waals surface area contributed by atoms with Crippen LogP contribution in [-0.4, -0.2) is 0 Å². The van der Waals surface area contributed by atoms with Gasteiger partial charge in [0.05, 0.1) is 0 Å². The zero-order valence-corrected chi connectivity index (χ0v) is 9.84. The Bertz CT molecular complexity index is 118. The first kappa shape index (κ1) is 15.2. The average Bonchev–Trinajstić information content (AvgIpc) is 2.03. The number of hydrogen-bond acceptors (Lipinski definition) is 1. The van der Waals surface area contributed by atoms with Crippen LogP contribution in [0.2, 0.25) is 0 Å². The van der Waals surface area contributed by atoms with Crippen LogP contribution in [0.15, 0.2) is 12.7 Å². The lowest BCUT2D eigenvalue weighted by molar-refractivity contribution is 0.278. The first-order chi connectivity index (χ1) is 5.59. The van der Waals surface area contributed by atoms with Gasteiger partial charge < -0.3 is 6.15 Å². The molecule has 0 aliphatic rings. The molecule has 0 aromatic heterocycles. The van der Waals surface area contributed by atoms with Crippen molar-refractivity contribution >= 4 is 0 Å². The molecule has 0 fully saturated rings. The maximum atomic E-state index is 3.74. The molecular formula is C12H27N. The molecule has 0 aliphatic heterocycles. The SMILES string of the molecule is C=CCCCC(C)C(C)C(C)C.N. The molecule has 0 aromatic carbocycles. The Morgan fingerprint density at radius 2 is 1.69 bits per heavy atom. The molecule has 13 heavy (non-hydrogen) atoms. The number of unbranched alkanes of at least 4 members (excludes halogenated alkanes) is 1. The highest BCUT2D eigenvalue weighted by Gasteiger charge is 2.14. The predicted molar refractivity (Wildman–Crippen MR) is 62.2 cm³/mol. The highest BCUT2D eigenvalue weighted by atomic mass is 14.2. The lowest BCUT2D eigenvalue weighted by Crippen LogP contribution is -2.13. The average molecular weight is 185 g/mol. The van der Waals surface area contributed by atoms with Crippen LogP contribution >= 0.6 is 0 Å². The summed E-state index contributed by atoms with van der Waals surface area (Å²) in [4.78, 5) is 0. The van der Waals surface area contributed by atoms with E-state index in [4.69, 9.17) is 0 Å². The van der Waals surface area contributed by atoms with Crippen LogP contribution < -0.4 is 6.15 Å². The third-order valence-electron chi connectivity index (χ3n) is 3.02. The fourth-order valence-electron chi connectivity index (χ4n) is 1.50. The molecule has 0 spiro atoms. The zero-order chi connectivity index (χ0) is 9.56. The molecule has 0 radical (unpaired) electrons. The van der Waals surface area contributed by atoms with Crippen molar-refractivity contribution in [1.29, 1.82) is 0 Å². The molecule has 80 valence electrons. The van der Waals surface area contributed by atoms with Gasteiger partial charge in [-0.25, -0.2) is 0 Å². The van der Waals surface area contributed by atoms with Gasteiger partial charge in [0, 0.05) is 0 Å². The van der Waals surface area contributed by atoms with Crippen LogP contribution in [0, 0.1) is 17.8 Å². The quantitative estimate of drug-likeness (QED) is 0.482. The van der Waals surface area contributed by atoms with E-state index in [1.54, 1.807) is 0 Å². The van der Waals surface area contributed by atoms with Crippen molar-refractivity contribution in [2.75, 3.05) is 0 Å². The van der Waals surface area contributed by atoms with Crippen molar-refractivity contribution < 1.29 is 0 Å². The molecule has 0 bridgehead atoms. The minimum absolute atomic E-state index is 0. The smallest absolute Gasteiger partial charge is 0.0353 e. The molecule has 1 heteroatoms. The van der Waals surface area contributed by atoms with E-state index >= 15 is 0 Å². The first-order valence-corrected chi connectivity index (χ1v) is 5.20. The van der Waals surface area contributed by atoms with Gasteiger partial charge in [0.1, 0.15) is 0 Å². The first-order valence-electron chi connectivity index (χ1n) is 5.20. The van der Waals surface area contributed by atoms with Crippen LogP contribution in [0.25, 0.3) is 0 Å². The summed E-state index contributed by atoms with van der Waals surface area (Å²) in [6, 6.07) is 0. The van der Waals surface area contributed by atoms with Gasteiger partial charge in [-0.2, -0.15) is 0 Å². The van der Waals surface area contributed by atoms with Crippen LogP contribution in [0.5, 0.6) is 0 Å². The monoisotopic (exact) mass is 185 g/mol. The summed E-state index contributed by atoms with van der Waals surface area (Å²) in [6.45, 7) is 13.1. The van der Waals surface area contributed by atoms with Gasteiger partial charge in [-0.15, -0.1) is 6.58 Å². The van der Waals surface area contributed by atoms with Crippen molar-refractivity contribution in [3.8, 4) is 0 Å². The molecule has 0 aliphatic carbocycles. The zero-order valence-electron chi connectivity index (χ0n) is 9.84. The number of allylic oxidation sites excluding steroid dienone is 1. The predicted octanol–water partition coefficient (Wildman–Crippen LogP) is 4.43. The molecule has 3 N–H and O–H groups in total. The Labute approximate surface area is 84.2 Å². The van der Waals surface area contributed by atoms with Crippen molar-refractivity contribution in [3.63, 3.8) is 0 Å². The Hall–Kier alpha value is -0.300. The summed E-state index contributed by atoms with van der Waals surface area (Å²) in [5.74, 6) is 2.54. The lowest BCUT2D eigenvalue weighted by atomic mass is 9.83. The van der Waals surface area contributed by atoms with Crippen molar-refractivity contribution in [1.82, 2.24) is 6.15 Å². The van der Waals surface area contributed by atoms with E-state index in [0.29, 0.717) is 0 Å². The second-order valence-corrected chi connectivity index (χ2v) is 4.30. The fourth-order valence-corrected chi connectivity index (χ4v) is 1.50. The molecule has 0 aromatic rings. The highest BCUT2D eigenvalue weighted by molar-refractivity contribution is 4.69. The number of rotatable bonds is 6. The third-order valence-corrected chi connectivity index (χ3v) is 3.02. The second-order valence-electron chi connectivity index (χ2n) is 4.30. The standard InChI is InChI=1S/C12H24.H3N/c1-6-7-8-9-11(4)12(5)10(2)3;/h6,10-12H,1,7-9H2,2-5H3;1H3. The molecule has 1 nitrogen and oxygen atoms in total. The van der Waals surface area contributed by atoms with Crippen LogP contribution in [0.4, 0.5) is 0 Å². The Balaban J connectivity index is 0. The minimum Gasteiger partial charge on any atom is -0.344 e. The maximum absolute atomic E-state index is 3.74. The van der Waals surface area contributed by atoms with Crippen LogP contribution in [0.3, 0.4) is 0 Å². The largest absolute Gasteiger partial charge is 0.344 e. The van der Waals surface area contributed by atoms with E-state index in [-0.39, 0.29) is 6.15 Å². The molecule has 0 amide bonds. The summed E-state index contributed by atoms with van der Waals surface area (Å²) in [6.07, 6.45) is 5.86. The summed E-state index contributed by atoms with van der Waals surface area (Å²) in [5.41, 5.74) is 0. The van der Waals surface area contributed by atoms with Gasteiger partial charge in [0.15, 0.2) is 0 Å². The summed E-state index contributed by atoms with van der Waals surface area (Å²) in [7, 11) is 0. The summed E-state index contributed by atoms with van der Waals surface area (Å²) >= 11 is 0. The molecule has 2 atom stereocenters. The molecule has 0 rings (SSSR count). The van der Waals surface area contributed by atoms with E-state index in [2.05, 4.69) is 34.3 Å². The lowest BCUT2D eigenvalue weighted by Gasteiger charge is -2.23. The van der Waals surface area contributed by atoms with E-state index in [0.717, 1.165) is 17.8 Å². The summed E-state index contributed by atoms with van der Waals surface area (Å²) in [5, 5.41) is 0. The normalized spacial score (nSPS) is 14.8. The van der Waals surface area contributed by atoms with E-state index in [1.165, 1.54) is 19.3 Å². The van der Waals surface area contributed by atoms with E-state index < -0.39 is 0 Å². The molecule has 0 saturated heterocycles. The van der Waals surface area contributed by atoms with Crippen LogP contribution in [0.1, 0.15) is 47.0 Å². The van der Waals surface area contributed by atoms with Gasteiger partial charge in [0.25, 0.3) is 0 Å². The highest BCUT2D eigenvalue weighted by Crippen LogP contribution is 2.24. The molecule has 0 heterocycles. The van der Waals surface area contributed by atoms with Crippen molar-refractivity contribution in [3.05, 3.63) is 12.7 Å². The molecular weight excluding hydrogens is 158 g/mol. The summed E-state index contributed by atoms with van der Waals surface area (Å²) < 4.78 is 0. The number of hydrogen-bond donors (Lipinski definition) is 1. The Morgan fingerprint density at radius 3 is 2.08 bits per heavy atom.